The van der Waals surface area contributed by atoms with Gasteiger partial charge in [-0.1, -0.05) is 31.3 Å². The van der Waals surface area contributed by atoms with Crippen LogP contribution in [0.4, 0.5) is 0 Å². The lowest BCUT2D eigenvalue weighted by atomic mass is 10.1. The molecule has 0 heterocycles. The fourth-order valence-electron chi connectivity index (χ4n) is 1.44. The second-order valence-corrected chi connectivity index (χ2v) is 5.50. The number of hydrogen-bond acceptors (Lipinski definition) is 2. The minimum Gasteiger partial charge on any atom is -0.393 e. The van der Waals surface area contributed by atoms with Gasteiger partial charge in [-0.15, -0.1) is 11.8 Å². The average Bonchev–Trinajstić information content (AvgIpc) is 2.27. The summed E-state index contributed by atoms with van der Waals surface area (Å²) in [6.45, 7) is 2.21. The van der Waals surface area contributed by atoms with Crippen molar-refractivity contribution in [3.63, 3.8) is 0 Å². The first-order valence-electron chi connectivity index (χ1n) is 5.72. The summed E-state index contributed by atoms with van der Waals surface area (Å²) in [6.07, 6.45) is 4.19. The largest absolute Gasteiger partial charge is 0.393 e. The highest BCUT2D eigenvalue weighted by molar-refractivity contribution is 7.99. The van der Waals surface area contributed by atoms with E-state index in [2.05, 4.69) is 31.2 Å². The van der Waals surface area contributed by atoms with Gasteiger partial charge in [-0.3, -0.25) is 0 Å². The van der Waals surface area contributed by atoms with Crippen LogP contribution in [0.3, 0.4) is 0 Å². The van der Waals surface area contributed by atoms with Gasteiger partial charge >= 0.3 is 0 Å². The van der Waals surface area contributed by atoms with Crippen molar-refractivity contribution in [1.82, 2.24) is 0 Å². The molecule has 0 aromatic heterocycles. The summed E-state index contributed by atoms with van der Waals surface area (Å²) in [7, 11) is 0. The predicted molar refractivity (Wildman–Crippen MR) is 77.2 cm³/mol. The van der Waals surface area contributed by atoms with Crippen molar-refractivity contribution in [3.8, 4) is 0 Å². The van der Waals surface area contributed by atoms with E-state index < -0.39 is 0 Å². The van der Waals surface area contributed by atoms with Crippen LogP contribution in [-0.2, 0) is 6.42 Å². The summed E-state index contributed by atoms with van der Waals surface area (Å²) in [5.41, 5.74) is 6.84. The molecule has 1 rings (SSSR count). The van der Waals surface area contributed by atoms with Crippen molar-refractivity contribution >= 4 is 29.0 Å². The van der Waals surface area contributed by atoms with Gasteiger partial charge in [0.15, 0.2) is 0 Å². The summed E-state index contributed by atoms with van der Waals surface area (Å²) in [5, 5.41) is 0. The van der Waals surface area contributed by atoms with Gasteiger partial charge < -0.3 is 5.73 Å². The van der Waals surface area contributed by atoms with E-state index in [0.717, 1.165) is 19.3 Å². The smallest absolute Gasteiger partial charge is 0.0727 e. The molecule has 1 aromatic carbocycles. The Balaban J connectivity index is 2.36. The highest BCUT2D eigenvalue weighted by atomic mass is 32.2. The molecule has 0 amide bonds. The van der Waals surface area contributed by atoms with Crippen molar-refractivity contribution in [2.24, 2.45) is 5.73 Å². The normalized spacial score (nSPS) is 10.3. The zero-order chi connectivity index (χ0) is 11.8. The number of aryl methyl sites for hydroxylation is 1. The molecule has 0 fully saturated rings. The van der Waals surface area contributed by atoms with E-state index in [-0.39, 0.29) is 0 Å². The number of thioether (sulfide) groups is 1. The SMILES string of the molecule is CCCSc1ccc(CCCC(N)=S)cc1. The van der Waals surface area contributed by atoms with E-state index in [4.69, 9.17) is 18.0 Å². The summed E-state index contributed by atoms with van der Waals surface area (Å²) < 4.78 is 0. The number of rotatable bonds is 7. The topological polar surface area (TPSA) is 26.0 Å². The lowest BCUT2D eigenvalue weighted by Crippen LogP contribution is -2.07. The van der Waals surface area contributed by atoms with Crippen molar-refractivity contribution in [2.45, 2.75) is 37.5 Å². The number of benzene rings is 1. The third-order valence-corrected chi connectivity index (χ3v) is 3.71. The third kappa shape index (κ3) is 5.52. The lowest BCUT2D eigenvalue weighted by Gasteiger charge is -2.03. The van der Waals surface area contributed by atoms with Gasteiger partial charge in [0, 0.05) is 4.90 Å². The van der Waals surface area contributed by atoms with Crippen LogP contribution in [0.1, 0.15) is 31.7 Å². The molecule has 16 heavy (non-hydrogen) atoms. The Morgan fingerprint density at radius 3 is 2.56 bits per heavy atom. The zero-order valence-electron chi connectivity index (χ0n) is 9.74. The van der Waals surface area contributed by atoms with E-state index >= 15 is 0 Å². The van der Waals surface area contributed by atoms with E-state index in [1.54, 1.807) is 0 Å². The van der Waals surface area contributed by atoms with Crippen LogP contribution in [0, 0.1) is 0 Å². The Kier molecular flexibility index (Phi) is 6.50. The highest BCUT2D eigenvalue weighted by Crippen LogP contribution is 2.19. The van der Waals surface area contributed by atoms with E-state index in [1.165, 1.54) is 22.6 Å². The third-order valence-electron chi connectivity index (χ3n) is 2.28. The first-order valence-corrected chi connectivity index (χ1v) is 7.12. The highest BCUT2D eigenvalue weighted by Gasteiger charge is 1.96. The van der Waals surface area contributed by atoms with Gasteiger partial charge in [0.25, 0.3) is 0 Å². The van der Waals surface area contributed by atoms with Crippen LogP contribution in [0.5, 0.6) is 0 Å². The van der Waals surface area contributed by atoms with Gasteiger partial charge in [-0.05, 0) is 49.1 Å². The fourth-order valence-corrected chi connectivity index (χ4v) is 2.35. The van der Waals surface area contributed by atoms with E-state index in [0.29, 0.717) is 4.99 Å². The second-order valence-electron chi connectivity index (χ2n) is 3.81. The van der Waals surface area contributed by atoms with E-state index in [1.807, 2.05) is 11.8 Å². The van der Waals surface area contributed by atoms with Crippen LogP contribution in [0.15, 0.2) is 29.2 Å². The molecule has 2 N–H and O–H groups in total. The quantitative estimate of drug-likeness (QED) is 0.591. The van der Waals surface area contributed by atoms with Crippen molar-refractivity contribution in [1.29, 1.82) is 0 Å². The molecule has 0 saturated heterocycles. The zero-order valence-corrected chi connectivity index (χ0v) is 11.4. The van der Waals surface area contributed by atoms with Gasteiger partial charge in [-0.2, -0.15) is 0 Å². The first-order chi connectivity index (χ1) is 7.72. The molecule has 3 heteroatoms. The summed E-state index contributed by atoms with van der Waals surface area (Å²) >= 11 is 6.77. The maximum Gasteiger partial charge on any atom is 0.0727 e. The number of hydrogen-bond donors (Lipinski definition) is 1. The molecule has 0 unspecified atom stereocenters. The number of nitrogens with two attached hydrogens (primary N) is 1. The van der Waals surface area contributed by atoms with Gasteiger partial charge in [0.1, 0.15) is 0 Å². The minimum absolute atomic E-state index is 0.620. The van der Waals surface area contributed by atoms with Crippen molar-refractivity contribution in [2.75, 3.05) is 5.75 Å². The van der Waals surface area contributed by atoms with Crippen LogP contribution in [0.2, 0.25) is 0 Å². The summed E-state index contributed by atoms with van der Waals surface area (Å²) in [4.78, 5) is 1.98. The molecule has 1 nitrogen and oxygen atoms in total. The Labute approximate surface area is 108 Å². The molecular formula is C13H19NS2. The Bertz CT molecular complexity index is 319. The molecule has 0 aliphatic carbocycles. The second kappa shape index (κ2) is 7.69. The van der Waals surface area contributed by atoms with Crippen LogP contribution in [-0.4, -0.2) is 10.7 Å². The van der Waals surface area contributed by atoms with Crippen LogP contribution >= 0.6 is 24.0 Å². The molecule has 0 atom stereocenters. The predicted octanol–water partition coefficient (Wildman–Crippen LogP) is 3.80. The van der Waals surface area contributed by atoms with Gasteiger partial charge in [0.05, 0.1) is 4.99 Å². The summed E-state index contributed by atoms with van der Waals surface area (Å²) in [6, 6.07) is 8.82. The fraction of sp³-hybridized carbons (Fsp3) is 0.462. The monoisotopic (exact) mass is 253 g/mol. The standard InChI is InChI=1S/C13H19NS2/c1-2-10-16-12-8-6-11(7-9-12)4-3-5-13(14)15/h6-9H,2-5,10H2,1H3,(H2,14,15). The van der Waals surface area contributed by atoms with Gasteiger partial charge in [-0.25, -0.2) is 0 Å². The van der Waals surface area contributed by atoms with Gasteiger partial charge in [0.2, 0.25) is 0 Å². The Morgan fingerprint density at radius 2 is 2.00 bits per heavy atom. The molecule has 1 aromatic rings. The maximum atomic E-state index is 5.46. The minimum atomic E-state index is 0.620. The molecule has 0 spiro atoms. The molecule has 0 aliphatic rings. The molecule has 0 bridgehead atoms. The molecule has 0 saturated carbocycles. The summed E-state index contributed by atoms with van der Waals surface area (Å²) in [5.74, 6) is 1.20. The van der Waals surface area contributed by atoms with Crippen molar-refractivity contribution in [3.05, 3.63) is 29.8 Å². The van der Waals surface area contributed by atoms with Crippen LogP contribution in [0.25, 0.3) is 0 Å². The molecule has 88 valence electrons. The Hall–Kier alpha value is -0.540. The maximum absolute atomic E-state index is 5.46. The number of thiocarbonyl (C=S) groups is 1. The molecule has 0 radical (unpaired) electrons. The van der Waals surface area contributed by atoms with E-state index in [9.17, 15) is 0 Å². The average molecular weight is 253 g/mol. The lowest BCUT2D eigenvalue weighted by molar-refractivity contribution is 0.867. The molecule has 0 aliphatic heterocycles. The van der Waals surface area contributed by atoms with Crippen LogP contribution < -0.4 is 5.73 Å². The molecular weight excluding hydrogens is 234 g/mol. The van der Waals surface area contributed by atoms with Crippen molar-refractivity contribution < 1.29 is 0 Å². The Morgan fingerprint density at radius 1 is 1.31 bits per heavy atom. The first kappa shape index (κ1) is 13.5.